The molecule has 2 fully saturated rings. The Morgan fingerprint density at radius 3 is 1.57 bits per heavy atom. The number of hydrogen-bond acceptors (Lipinski definition) is 2. The van der Waals surface area contributed by atoms with Gasteiger partial charge in [-0.3, -0.25) is 0 Å². The molecule has 2 aromatic rings. The molecule has 4 rings (SSSR count). The van der Waals surface area contributed by atoms with Gasteiger partial charge in [0.2, 0.25) is 0 Å². The van der Waals surface area contributed by atoms with Gasteiger partial charge in [-0.05, 0) is 86.2 Å². The number of benzene rings is 1. The van der Waals surface area contributed by atoms with Crippen LogP contribution in [0.1, 0.15) is 101 Å². The smallest absolute Gasteiger partial charge is 0.159 e. The summed E-state index contributed by atoms with van der Waals surface area (Å²) in [5.74, 6) is 4.18. The van der Waals surface area contributed by atoms with E-state index in [0.717, 1.165) is 29.1 Å². The van der Waals surface area contributed by atoms with Gasteiger partial charge in [0.1, 0.15) is 0 Å². The van der Waals surface area contributed by atoms with E-state index in [4.69, 9.17) is 9.97 Å². The molecule has 0 aliphatic heterocycles. The van der Waals surface area contributed by atoms with Gasteiger partial charge in [-0.25, -0.2) is 9.97 Å². The van der Waals surface area contributed by atoms with Crippen LogP contribution in [-0.2, 0) is 0 Å². The molecule has 0 radical (unpaired) electrons. The fraction of sp³-hybridized carbons (Fsp3) is 0.615. The molecule has 0 saturated heterocycles. The first-order valence-corrected chi connectivity index (χ1v) is 11.7. The summed E-state index contributed by atoms with van der Waals surface area (Å²) in [4.78, 5) is 9.43. The van der Waals surface area contributed by atoms with E-state index in [1.165, 1.54) is 75.3 Å². The maximum Gasteiger partial charge on any atom is 0.159 e. The van der Waals surface area contributed by atoms with E-state index in [1.807, 2.05) is 0 Å². The highest BCUT2D eigenvalue weighted by molar-refractivity contribution is 5.55. The first-order valence-electron chi connectivity index (χ1n) is 11.7. The van der Waals surface area contributed by atoms with Gasteiger partial charge >= 0.3 is 0 Å². The van der Waals surface area contributed by atoms with E-state index in [1.54, 1.807) is 0 Å². The van der Waals surface area contributed by atoms with Crippen molar-refractivity contribution in [2.45, 2.75) is 89.9 Å². The Labute approximate surface area is 171 Å². The van der Waals surface area contributed by atoms with Crippen molar-refractivity contribution in [3.05, 3.63) is 47.8 Å². The zero-order valence-corrected chi connectivity index (χ0v) is 17.7. The molecule has 28 heavy (non-hydrogen) atoms. The number of nitrogens with zero attached hydrogens (tertiary/aromatic N) is 2. The first-order chi connectivity index (χ1) is 13.8. The molecule has 1 aromatic heterocycles. The lowest BCUT2D eigenvalue weighted by Gasteiger charge is -2.28. The molecule has 0 atom stereocenters. The largest absolute Gasteiger partial charge is 0.236 e. The summed E-state index contributed by atoms with van der Waals surface area (Å²) in [6, 6.07) is 9.08. The predicted molar refractivity (Wildman–Crippen MR) is 117 cm³/mol. The lowest BCUT2D eigenvalue weighted by molar-refractivity contribution is 0.318. The third-order valence-corrected chi connectivity index (χ3v) is 7.63. The van der Waals surface area contributed by atoms with Crippen LogP contribution in [-0.4, -0.2) is 9.97 Å². The fourth-order valence-electron chi connectivity index (χ4n) is 5.41. The average Bonchev–Trinajstić information content (AvgIpc) is 2.79. The van der Waals surface area contributed by atoms with Crippen LogP contribution in [0.5, 0.6) is 0 Å². The molecule has 0 N–H and O–H groups in total. The molecule has 2 heteroatoms. The van der Waals surface area contributed by atoms with Crippen molar-refractivity contribution in [3.8, 4) is 11.4 Å². The third kappa shape index (κ3) is 4.47. The van der Waals surface area contributed by atoms with Gasteiger partial charge in [-0.15, -0.1) is 0 Å². The Kier molecular flexibility index (Phi) is 6.44. The minimum absolute atomic E-state index is 0.664. The van der Waals surface area contributed by atoms with E-state index < -0.39 is 0 Å². The van der Waals surface area contributed by atoms with Gasteiger partial charge < -0.3 is 0 Å². The van der Waals surface area contributed by atoms with E-state index >= 15 is 0 Å². The first kappa shape index (κ1) is 19.6. The molecule has 0 bridgehead atoms. The van der Waals surface area contributed by atoms with Crippen molar-refractivity contribution < 1.29 is 0 Å². The van der Waals surface area contributed by atoms with Gasteiger partial charge in [0.25, 0.3) is 0 Å². The minimum Gasteiger partial charge on any atom is -0.236 e. The van der Waals surface area contributed by atoms with Crippen molar-refractivity contribution in [2.24, 2.45) is 11.8 Å². The summed E-state index contributed by atoms with van der Waals surface area (Å²) in [5, 5.41) is 0. The lowest BCUT2D eigenvalue weighted by Crippen LogP contribution is -2.13. The van der Waals surface area contributed by atoms with Crippen LogP contribution in [0, 0.1) is 11.8 Å². The fourth-order valence-corrected chi connectivity index (χ4v) is 5.41. The monoisotopic (exact) mass is 376 g/mol. The molecular weight excluding hydrogens is 340 g/mol. The molecule has 2 aliphatic carbocycles. The van der Waals surface area contributed by atoms with Gasteiger partial charge in [0.15, 0.2) is 5.82 Å². The molecule has 0 unspecified atom stereocenters. The minimum atomic E-state index is 0.664. The predicted octanol–water partition coefficient (Wildman–Crippen LogP) is 7.51. The second-order valence-electron chi connectivity index (χ2n) is 9.21. The van der Waals surface area contributed by atoms with Gasteiger partial charge in [-0.2, -0.15) is 0 Å². The van der Waals surface area contributed by atoms with E-state index in [0.29, 0.717) is 5.92 Å². The van der Waals surface area contributed by atoms with Crippen LogP contribution < -0.4 is 0 Å². The van der Waals surface area contributed by atoms with E-state index in [-0.39, 0.29) is 0 Å². The highest BCUT2D eigenvalue weighted by Crippen LogP contribution is 2.38. The summed E-state index contributed by atoms with van der Waals surface area (Å²) in [6.07, 6.45) is 17.7. The summed E-state index contributed by atoms with van der Waals surface area (Å²) >= 11 is 0. The van der Waals surface area contributed by atoms with E-state index in [2.05, 4.69) is 50.5 Å². The van der Waals surface area contributed by atoms with Crippen molar-refractivity contribution in [1.29, 1.82) is 0 Å². The molecule has 2 nitrogen and oxygen atoms in total. The quantitative estimate of drug-likeness (QED) is 0.539. The van der Waals surface area contributed by atoms with Gasteiger partial charge in [0.05, 0.1) is 0 Å². The Bertz CT molecular complexity index is 653. The molecular formula is C26H36N2. The van der Waals surface area contributed by atoms with Crippen LogP contribution in [0.2, 0.25) is 0 Å². The van der Waals surface area contributed by atoms with Gasteiger partial charge in [-0.1, -0.05) is 51.0 Å². The van der Waals surface area contributed by atoms with Gasteiger partial charge in [0, 0.05) is 18.0 Å². The number of hydrogen-bond donors (Lipinski definition) is 0. The molecule has 2 saturated carbocycles. The number of rotatable bonds is 5. The van der Waals surface area contributed by atoms with E-state index in [9.17, 15) is 0 Å². The van der Waals surface area contributed by atoms with Crippen LogP contribution in [0.15, 0.2) is 36.7 Å². The second-order valence-corrected chi connectivity index (χ2v) is 9.21. The standard InChI is InChI=1S/C26H36N2/c1-3-19-5-9-21(10-6-19)22-13-15-24(16-14-22)26-27-17-25(18-28-26)23-11-7-20(4-2)8-12-23/h13-21,23H,3-12H2,1-2H3. The van der Waals surface area contributed by atoms with Crippen LogP contribution in [0.3, 0.4) is 0 Å². The Morgan fingerprint density at radius 2 is 1.11 bits per heavy atom. The normalized spacial score (nSPS) is 28.2. The highest BCUT2D eigenvalue weighted by Gasteiger charge is 2.23. The summed E-state index contributed by atoms with van der Waals surface area (Å²) < 4.78 is 0. The molecule has 2 aliphatic rings. The summed E-state index contributed by atoms with van der Waals surface area (Å²) in [5.41, 5.74) is 3.98. The Balaban J connectivity index is 1.38. The Hall–Kier alpha value is -1.70. The molecule has 0 amide bonds. The molecule has 1 aromatic carbocycles. The lowest BCUT2D eigenvalue weighted by atomic mass is 9.78. The van der Waals surface area contributed by atoms with Crippen molar-refractivity contribution in [3.63, 3.8) is 0 Å². The Morgan fingerprint density at radius 1 is 0.643 bits per heavy atom. The zero-order chi connectivity index (χ0) is 19.3. The second kappa shape index (κ2) is 9.20. The van der Waals surface area contributed by atoms with Crippen molar-refractivity contribution in [1.82, 2.24) is 9.97 Å². The number of aromatic nitrogens is 2. The summed E-state index contributed by atoms with van der Waals surface area (Å²) in [6.45, 7) is 4.66. The SMILES string of the molecule is CCC1CCC(c2ccc(-c3ncc(C4CCC(CC)CC4)cn3)cc2)CC1. The molecule has 0 spiro atoms. The highest BCUT2D eigenvalue weighted by atomic mass is 14.9. The molecule has 1 heterocycles. The van der Waals surface area contributed by atoms with Crippen LogP contribution in [0.4, 0.5) is 0 Å². The van der Waals surface area contributed by atoms with Crippen LogP contribution >= 0.6 is 0 Å². The average molecular weight is 377 g/mol. The zero-order valence-electron chi connectivity index (χ0n) is 17.7. The maximum absolute atomic E-state index is 4.72. The molecule has 150 valence electrons. The van der Waals surface area contributed by atoms with Crippen molar-refractivity contribution >= 4 is 0 Å². The third-order valence-electron chi connectivity index (χ3n) is 7.63. The maximum atomic E-state index is 4.72. The van der Waals surface area contributed by atoms with Crippen molar-refractivity contribution in [2.75, 3.05) is 0 Å². The topological polar surface area (TPSA) is 25.8 Å². The van der Waals surface area contributed by atoms with Crippen LogP contribution in [0.25, 0.3) is 11.4 Å². The summed E-state index contributed by atoms with van der Waals surface area (Å²) in [7, 11) is 0.